The Kier molecular flexibility index (Phi) is 2.96. The van der Waals surface area contributed by atoms with E-state index >= 15 is 0 Å². The van der Waals surface area contributed by atoms with Gasteiger partial charge >= 0.3 is 0 Å². The van der Waals surface area contributed by atoms with Crippen molar-refractivity contribution in [1.82, 2.24) is 9.55 Å². The van der Waals surface area contributed by atoms with Gasteiger partial charge in [0.1, 0.15) is 11.3 Å². The molecule has 1 aliphatic carbocycles. The van der Waals surface area contributed by atoms with Gasteiger partial charge in [0.2, 0.25) is 0 Å². The molecule has 0 atom stereocenters. The zero-order valence-electron chi connectivity index (χ0n) is 10.3. The molecular formula is C14H16N2OS. The number of ether oxygens (including phenoxy) is 1. The molecule has 0 fully saturated rings. The highest BCUT2D eigenvalue weighted by Crippen LogP contribution is 2.31. The summed E-state index contributed by atoms with van der Waals surface area (Å²) in [6.07, 6.45) is 6.55. The van der Waals surface area contributed by atoms with Crippen LogP contribution in [-0.2, 0) is 0 Å². The maximum Gasteiger partial charge on any atom is 0.178 e. The third-order valence-electron chi connectivity index (χ3n) is 3.36. The zero-order valence-corrected chi connectivity index (χ0v) is 11.2. The van der Waals surface area contributed by atoms with Gasteiger partial charge < -0.3 is 14.3 Å². The molecule has 18 heavy (non-hydrogen) atoms. The van der Waals surface area contributed by atoms with E-state index in [1.807, 2.05) is 19.1 Å². The van der Waals surface area contributed by atoms with E-state index in [-0.39, 0.29) is 0 Å². The fraction of sp³-hybridized carbons (Fsp3) is 0.357. The van der Waals surface area contributed by atoms with Crippen LogP contribution in [-0.4, -0.2) is 16.2 Å². The average molecular weight is 260 g/mol. The number of para-hydroxylation sites is 1. The lowest BCUT2D eigenvalue weighted by Crippen LogP contribution is -2.04. The number of aromatic amines is 1. The van der Waals surface area contributed by atoms with Crippen LogP contribution in [0.4, 0.5) is 0 Å². The summed E-state index contributed by atoms with van der Waals surface area (Å²) in [7, 11) is 0. The van der Waals surface area contributed by atoms with Crippen LogP contribution in [0.3, 0.4) is 0 Å². The van der Waals surface area contributed by atoms with Crippen LogP contribution >= 0.6 is 12.2 Å². The lowest BCUT2D eigenvalue weighted by atomic mass is 10.2. The van der Waals surface area contributed by atoms with Crippen molar-refractivity contribution in [3.63, 3.8) is 0 Å². The van der Waals surface area contributed by atoms with E-state index < -0.39 is 0 Å². The molecule has 1 aromatic carbocycles. The van der Waals surface area contributed by atoms with Gasteiger partial charge in [0.15, 0.2) is 4.77 Å². The van der Waals surface area contributed by atoms with Gasteiger partial charge in [-0.05, 0) is 44.1 Å². The first-order valence-electron chi connectivity index (χ1n) is 6.32. The molecule has 0 saturated heterocycles. The molecule has 3 rings (SSSR count). The Labute approximate surface area is 111 Å². The number of allylic oxidation sites excluding steroid dienone is 2. The largest absolute Gasteiger partial charge is 0.492 e. The number of nitrogens with one attached hydrogen (secondary N) is 1. The molecule has 2 aromatic rings. The zero-order chi connectivity index (χ0) is 12.5. The first-order valence-corrected chi connectivity index (χ1v) is 6.73. The van der Waals surface area contributed by atoms with Crippen LogP contribution in [0, 0.1) is 4.77 Å². The molecule has 0 saturated carbocycles. The smallest absolute Gasteiger partial charge is 0.178 e. The SMILES string of the molecule is CCOc1cccc2c1[nH]c(=S)n2C1CC=CC1. The number of hydrogen-bond acceptors (Lipinski definition) is 2. The Morgan fingerprint density at radius 3 is 2.89 bits per heavy atom. The fourth-order valence-electron chi connectivity index (χ4n) is 2.57. The van der Waals surface area contributed by atoms with Crippen molar-refractivity contribution in [2.45, 2.75) is 25.8 Å². The van der Waals surface area contributed by atoms with Gasteiger partial charge in [0, 0.05) is 6.04 Å². The minimum Gasteiger partial charge on any atom is -0.492 e. The Morgan fingerprint density at radius 2 is 2.17 bits per heavy atom. The third kappa shape index (κ3) is 1.77. The van der Waals surface area contributed by atoms with Crippen LogP contribution < -0.4 is 4.74 Å². The summed E-state index contributed by atoms with van der Waals surface area (Å²) >= 11 is 5.46. The molecular weight excluding hydrogens is 244 g/mol. The molecule has 0 radical (unpaired) electrons. The van der Waals surface area contributed by atoms with Crippen LogP contribution in [0.5, 0.6) is 5.75 Å². The monoisotopic (exact) mass is 260 g/mol. The quantitative estimate of drug-likeness (QED) is 0.668. The van der Waals surface area contributed by atoms with Gasteiger partial charge in [-0.3, -0.25) is 0 Å². The van der Waals surface area contributed by atoms with Gasteiger partial charge in [-0.1, -0.05) is 18.2 Å². The van der Waals surface area contributed by atoms with Gasteiger partial charge in [-0.2, -0.15) is 0 Å². The number of imidazole rings is 1. The molecule has 94 valence electrons. The van der Waals surface area contributed by atoms with Gasteiger partial charge in [-0.25, -0.2) is 0 Å². The Hall–Kier alpha value is -1.55. The Bertz CT molecular complexity index is 645. The average Bonchev–Trinajstić information content (AvgIpc) is 2.96. The summed E-state index contributed by atoms with van der Waals surface area (Å²) in [6.45, 7) is 2.65. The van der Waals surface area contributed by atoms with Crippen LogP contribution in [0.2, 0.25) is 0 Å². The lowest BCUT2D eigenvalue weighted by Gasteiger charge is -2.12. The number of H-pyrrole nitrogens is 1. The standard InChI is InChI=1S/C14H16N2OS/c1-2-17-12-9-5-8-11-13(12)15-14(18)16(11)10-6-3-4-7-10/h3-5,8-10H,2,6-7H2,1H3,(H,15,18). The minimum absolute atomic E-state index is 0.447. The van der Waals surface area contributed by atoms with E-state index in [1.54, 1.807) is 0 Å². The summed E-state index contributed by atoms with van der Waals surface area (Å²) in [5.74, 6) is 0.880. The highest BCUT2D eigenvalue weighted by molar-refractivity contribution is 7.71. The number of fused-ring (bicyclic) bond motifs is 1. The normalized spacial score (nSPS) is 15.6. The van der Waals surface area contributed by atoms with Crippen molar-refractivity contribution in [1.29, 1.82) is 0 Å². The van der Waals surface area contributed by atoms with Gasteiger partial charge in [0.25, 0.3) is 0 Å². The molecule has 0 unspecified atom stereocenters. The number of hydrogen-bond donors (Lipinski definition) is 1. The van der Waals surface area contributed by atoms with Crippen molar-refractivity contribution < 1.29 is 4.74 Å². The predicted molar refractivity (Wildman–Crippen MR) is 75.7 cm³/mol. The van der Waals surface area contributed by atoms with E-state index in [0.29, 0.717) is 12.6 Å². The maximum absolute atomic E-state index is 5.64. The van der Waals surface area contributed by atoms with Crippen molar-refractivity contribution >= 4 is 23.3 Å². The first-order chi connectivity index (χ1) is 8.81. The molecule has 1 aliphatic rings. The molecule has 0 aliphatic heterocycles. The van der Waals surface area contributed by atoms with Crippen molar-refractivity contribution in [3.05, 3.63) is 35.1 Å². The number of rotatable bonds is 3. The molecule has 1 N–H and O–H groups in total. The molecule has 0 amide bonds. The molecule has 1 heterocycles. The second-order valence-electron chi connectivity index (χ2n) is 4.48. The Balaban J connectivity index is 2.17. The van der Waals surface area contributed by atoms with Crippen molar-refractivity contribution in [3.8, 4) is 5.75 Å². The summed E-state index contributed by atoms with van der Waals surface area (Å²) in [5.41, 5.74) is 2.15. The van der Waals surface area contributed by atoms with E-state index in [1.165, 1.54) is 0 Å². The second kappa shape index (κ2) is 4.61. The van der Waals surface area contributed by atoms with Crippen molar-refractivity contribution in [2.75, 3.05) is 6.61 Å². The van der Waals surface area contributed by atoms with E-state index in [2.05, 4.69) is 27.8 Å². The van der Waals surface area contributed by atoms with E-state index in [4.69, 9.17) is 17.0 Å². The van der Waals surface area contributed by atoms with Crippen molar-refractivity contribution in [2.24, 2.45) is 0 Å². The molecule has 0 spiro atoms. The lowest BCUT2D eigenvalue weighted by molar-refractivity contribution is 0.343. The minimum atomic E-state index is 0.447. The first kappa shape index (κ1) is 11.5. The highest BCUT2D eigenvalue weighted by Gasteiger charge is 2.17. The fourth-order valence-corrected chi connectivity index (χ4v) is 2.92. The molecule has 4 heteroatoms. The summed E-state index contributed by atoms with van der Waals surface area (Å²) in [4.78, 5) is 3.28. The number of aromatic nitrogens is 2. The molecule has 3 nitrogen and oxygen atoms in total. The molecule has 1 aromatic heterocycles. The van der Waals surface area contributed by atoms with E-state index in [0.717, 1.165) is 34.4 Å². The van der Waals surface area contributed by atoms with Gasteiger partial charge in [0.05, 0.1) is 12.1 Å². The third-order valence-corrected chi connectivity index (χ3v) is 3.66. The predicted octanol–water partition coefficient (Wildman–Crippen LogP) is 3.99. The second-order valence-corrected chi connectivity index (χ2v) is 4.87. The van der Waals surface area contributed by atoms with Gasteiger partial charge in [-0.15, -0.1) is 0 Å². The molecule has 0 bridgehead atoms. The van der Waals surface area contributed by atoms with E-state index in [9.17, 15) is 0 Å². The number of nitrogens with zero attached hydrogens (tertiary/aromatic N) is 1. The number of benzene rings is 1. The van der Waals surface area contributed by atoms with Crippen LogP contribution in [0.1, 0.15) is 25.8 Å². The summed E-state index contributed by atoms with van der Waals surface area (Å²) < 4.78 is 8.64. The Morgan fingerprint density at radius 1 is 1.39 bits per heavy atom. The topological polar surface area (TPSA) is 29.9 Å². The van der Waals surface area contributed by atoms with Crippen LogP contribution in [0.25, 0.3) is 11.0 Å². The summed E-state index contributed by atoms with van der Waals surface area (Å²) in [5, 5.41) is 0. The highest BCUT2D eigenvalue weighted by atomic mass is 32.1. The van der Waals surface area contributed by atoms with Crippen LogP contribution in [0.15, 0.2) is 30.4 Å². The maximum atomic E-state index is 5.64. The summed E-state index contributed by atoms with van der Waals surface area (Å²) in [6, 6.07) is 6.55.